The smallest absolute Gasteiger partial charge is 0.248 e. The van der Waals surface area contributed by atoms with Crippen LogP contribution in [0.25, 0.3) is 6.08 Å². The molecule has 0 saturated carbocycles. The highest BCUT2D eigenvalue weighted by atomic mass is 16.2. The summed E-state index contributed by atoms with van der Waals surface area (Å²) in [5.74, 6) is -0.464. The third kappa shape index (κ3) is 3.92. The van der Waals surface area contributed by atoms with Crippen LogP contribution >= 0.6 is 0 Å². The standard InChI is InChI=1S/C16H21N3O2/c1-11-10-14(17)8-9-19(11)15(20)7-4-12-2-5-13(6-3-12)16(18)21/h2-7,11,14H,8-10,17H2,1H3,(H2,18,21)/b7-4+. The van der Waals surface area contributed by atoms with Gasteiger partial charge < -0.3 is 16.4 Å². The topological polar surface area (TPSA) is 89.4 Å². The fourth-order valence-electron chi connectivity index (χ4n) is 2.56. The zero-order valence-corrected chi connectivity index (χ0v) is 12.2. The summed E-state index contributed by atoms with van der Waals surface area (Å²) in [6.07, 6.45) is 4.99. The van der Waals surface area contributed by atoms with Crippen LogP contribution in [0.3, 0.4) is 0 Å². The lowest BCUT2D eigenvalue weighted by Gasteiger charge is -2.35. The molecule has 21 heavy (non-hydrogen) atoms. The average molecular weight is 287 g/mol. The first kappa shape index (κ1) is 15.3. The van der Waals surface area contributed by atoms with Gasteiger partial charge in [-0.1, -0.05) is 12.1 Å². The highest BCUT2D eigenvalue weighted by Crippen LogP contribution is 2.16. The van der Waals surface area contributed by atoms with E-state index < -0.39 is 5.91 Å². The molecule has 0 aliphatic carbocycles. The molecule has 0 bridgehead atoms. The number of carbonyl (C=O) groups is 2. The molecule has 1 fully saturated rings. The number of carbonyl (C=O) groups excluding carboxylic acids is 2. The van der Waals surface area contributed by atoms with Gasteiger partial charge in [0, 0.05) is 30.3 Å². The first-order valence-electron chi connectivity index (χ1n) is 7.11. The Bertz CT molecular complexity index is 551. The largest absolute Gasteiger partial charge is 0.366 e. The molecule has 1 aliphatic rings. The van der Waals surface area contributed by atoms with Gasteiger partial charge in [0.1, 0.15) is 0 Å². The number of piperidine rings is 1. The van der Waals surface area contributed by atoms with Crippen LogP contribution in [-0.4, -0.2) is 35.3 Å². The van der Waals surface area contributed by atoms with Gasteiger partial charge in [-0.25, -0.2) is 0 Å². The van der Waals surface area contributed by atoms with E-state index in [4.69, 9.17) is 11.5 Å². The zero-order valence-electron chi connectivity index (χ0n) is 12.2. The number of hydrogen-bond acceptors (Lipinski definition) is 3. The van der Waals surface area contributed by atoms with Gasteiger partial charge in [0.2, 0.25) is 11.8 Å². The van der Waals surface area contributed by atoms with Gasteiger partial charge in [-0.3, -0.25) is 9.59 Å². The number of amides is 2. The molecule has 2 amide bonds. The highest BCUT2D eigenvalue weighted by Gasteiger charge is 2.25. The number of nitrogens with two attached hydrogens (primary N) is 2. The number of benzene rings is 1. The maximum Gasteiger partial charge on any atom is 0.248 e. The summed E-state index contributed by atoms with van der Waals surface area (Å²) in [5.41, 5.74) is 12.4. The Kier molecular flexibility index (Phi) is 4.75. The predicted molar refractivity (Wildman–Crippen MR) is 82.4 cm³/mol. The summed E-state index contributed by atoms with van der Waals surface area (Å²) in [7, 11) is 0. The van der Waals surface area contributed by atoms with Crippen molar-refractivity contribution in [2.24, 2.45) is 11.5 Å². The van der Waals surface area contributed by atoms with Crippen LogP contribution in [0.2, 0.25) is 0 Å². The Morgan fingerprint density at radius 1 is 1.29 bits per heavy atom. The van der Waals surface area contributed by atoms with Crippen LogP contribution in [0.1, 0.15) is 35.7 Å². The summed E-state index contributed by atoms with van der Waals surface area (Å²) in [5, 5.41) is 0. The van der Waals surface area contributed by atoms with E-state index in [2.05, 4.69) is 0 Å². The lowest BCUT2D eigenvalue weighted by atomic mass is 9.99. The Morgan fingerprint density at radius 3 is 2.52 bits per heavy atom. The Hall–Kier alpha value is -2.14. The second kappa shape index (κ2) is 6.54. The van der Waals surface area contributed by atoms with E-state index >= 15 is 0 Å². The second-order valence-corrected chi connectivity index (χ2v) is 5.48. The normalized spacial score (nSPS) is 22.5. The number of nitrogens with zero attached hydrogens (tertiary/aromatic N) is 1. The summed E-state index contributed by atoms with van der Waals surface area (Å²) in [6.45, 7) is 2.72. The van der Waals surface area contributed by atoms with Crippen molar-refractivity contribution in [2.45, 2.75) is 31.8 Å². The number of likely N-dealkylation sites (tertiary alicyclic amines) is 1. The minimum atomic E-state index is -0.458. The van der Waals surface area contributed by atoms with Crippen LogP contribution in [0, 0.1) is 0 Å². The summed E-state index contributed by atoms with van der Waals surface area (Å²) < 4.78 is 0. The molecule has 5 heteroatoms. The van der Waals surface area contributed by atoms with Crippen molar-refractivity contribution in [3.8, 4) is 0 Å². The Labute approximate surface area is 124 Å². The van der Waals surface area contributed by atoms with Gasteiger partial charge in [-0.15, -0.1) is 0 Å². The van der Waals surface area contributed by atoms with Gasteiger partial charge in [0.15, 0.2) is 0 Å². The van der Waals surface area contributed by atoms with E-state index in [1.807, 2.05) is 11.8 Å². The first-order chi connectivity index (χ1) is 9.97. The minimum absolute atomic E-state index is 0.00613. The van der Waals surface area contributed by atoms with E-state index in [9.17, 15) is 9.59 Å². The Balaban J connectivity index is 2.00. The second-order valence-electron chi connectivity index (χ2n) is 5.48. The maximum atomic E-state index is 12.2. The van der Waals surface area contributed by atoms with Crippen molar-refractivity contribution >= 4 is 17.9 Å². The monoisotopic (exact) mass is 287 g/mol. The lowest BCUT2D eigenvalue weighted by molar-refractivity contribution is -0.129. The molecule has 2 unspecified atom stereocenters. The lowest BCUT2D eigenvalue weighted by Crippen LogP contribution is -2.47. The van der Waals surface area contributed by atoms with E-state index in [1.54, 1.807) is 36.4 Å². The van der Waals surface area contributed by atoms with Crippen LogP contribution in [0.15, 0.2) is 30.3 Å². The fourth-order valence-corrected chi connectivity index (χ4v) is 2.56. The molecule has 1 aliphatic heterocycles. The van der Waals surface area contributed by atoms with Gasteiger partial charge in [0.05, 0.1) is 0 Å². The molecule has 1 aromatic carbocycles. The van der Waals surface area contributed by atoms with Gasteiger partial charge >= 0.3 is 0 Å². The summed E-state index contributed by atoms with van der Waals surface area (Å²) in [4.78, 5) is 25.0. The number of hydrogen-bond donors (Lipinski definition) is 2. The molecule has 0 radical (unpaired) electrons. The third-order valence-electron chi connectivity index (χ3n) is 3.81. The molecule has 112 valence electrons. The van der Waals surface area contributed by atoms with Crippen LogP contribution < -0.4 is 11.5 Å². The van der Waals surface area contributed by atoms with Crippen molar-refractivity contribution < 1.29 is 9.59 Å². The van der Waals surface area contributed by atoms with Crippen LogP contribution in [0.4, 0.5) is 0 Å². The fraction of sp³-hybridized carbons (Fsp3) is 0.375. The van der Waals surface area contributed by atoms with Crippen molar-refractivity contribution in [3.63, 3.8) is 0 Å². The van der Waals surface area contributed by atoms with Gasteiger partial charge in [0.25, 0.3) is 0 Å². The maximum absolute atomic E-state index is 12.2. The van der Waals surface area contributed by atoms with Crippen molar-refractivity contribution in [3.05, 3.63) is 41.5 Å². The molecule has 0 spiro atoms. The molecular formula is C16H21N3O2. The molecule has 1 saturated heterocycles. The van der Waals surface area contributed by atoms with Crippen LogP contribution in [0.5, 0.6) is 0 Å². The summed E-state index contributed by atoms with van der Waals surface area (Å²) in [6, 6.07) is 7.18. The van der Waals surface area contributed by atoms with Gasteiger partial charge in [-0.05, 0) is 43.5 Å². The van der Waals surface area contributed by atoms with E-state index in [1.165, 1.54) is 0 Å². The molecule has 4 N–H and O–H groups in total. The highest BCUT2D eigenvalue weighted by molar-refractivity contribution is 5.94. The van der Waals surface area contributed by atoms with Gasteiger partial charge in [-0.2, -0.15) is 0 Å². The zero-order chi connectivity index (χ0) is 15.4. The first-order valence-corrected chi connectivity index (χ1v) is 7.11. The van der Waals surface area contributed by atoms with Crippen LogP contribution in [-0.2, 0) is 4.79 Å². The molecule has 2 rings (SSSR count). The predicted octanol–water partition coefficient (Wildman–Crippen LogP) is 1.14. The number of primary amides is 1. The Morgan fingerprint density at radius 2 is 1.95 bits per heavy atom. The summed E-state index contributed by atoms with van der Waals surface area (Å²) >= 11 is 0. The number of rotatable bonds is 3. The quantitative estimate of drug-likeness (QED) is 0.817. The molecule has 0 aromatic heterocycles. The van der Waals surface area contributed by atoms with E-state index in [-0.39, 0.29) is 18.0 Å². The van der Waals surface area contributed by atoms with E-state index in [0.717, 1.165) is 18.4 Å². The molecule has 2 atom stereocenters. The van der Waals surface area contributed by atoms with Crippen molar-refractivity contribution in [2.75, 3.05) is 6.54 Å². The van der Waals surface area contributed by atoms with E-state index in [0.29, 0.717) is 12.1 Å². The molecule has 1 heterocycles. The molecular weight excluding hydrogens is 266 g/mol. The van der Waals surface area contributed by atoms with Crippen molar-refractivity contribution in [1.82, 2.24) is 4.90 Å². The SMILES string of the molecule is CC1CC(N)CCN1C(=O)/C=C/c1ccc(C(N)=O)cc1. The van der Waals surface area contributed by atoms with Crippen molar-refractivity contribution in [1.29, 1.82) is 0 Å². The third-order valence-corrected chi connectivity index (χ3v) is 3.81. The minimum Gasteiger partial charge on any atom is -0.366 e. The molecule has 1 aromatic rings. The molecule has 5 nitrogen and oxygen atoms in total. The average Bonchev–Trinajstić information content (AvgIpc) is 2.45.